The highest BCUT2D eigenvalue weighted by molar-refractivity contribution is 5.81. The molecular weight excluding hydrogens is 236 g/mol. The first-order valence-corrected chi connectivity index (χ1v) is 7.15. The maximum absolute atomic E-state index is 11.9. The van der Waals surface area contributed by atoms with E-state index in [2.05, 4.69) is 43.5 Å². The third-order valence-electron chi connectivity index (χ3n) is 3.38. The zero-order chi connectivity index (χ0) is 14.3. The van der Waals surface area contributed by atoms with E-state index in [-0.39, 0.29) is 18.0 Å². The van der Waals surface area contributed by atoms with Crippen LogP contribution >= 0.6 is 0 Å². The number of amides is 1. The largest absolute Gasteiger partial charge is 0.355 e. The molecule has 0 saturated heterocycles. The lowest BCUT2D eigenvalue weighted by molar-refractivity contribution is -0.122. The number of carbonyl (C=O) groups is 1. The van der Waals surface area contributed by atoms with Crippen molar-refractivity contribution in [2.75, 3.05) is 6.54 Å². The van der Waals surface area contributed by atoms with Crippen LogP contribution in [-0.2, 0) is 4.79 Å². The van der Waals surface area contributed by atoms with E-state index in [1.54, 1.807) is 0 Å². The van der Waals surface area contributed by atoms with E-state index in [1.165, 1.54) is 11.1 Å². The smallest absolute Gasteiger partial charge is 0.236 e. The van der Waals surface area contributed by atoms with E-state index in [1.807, 2.05) is 19.1 Å². The van der Waals surface area contributed by atoms with E-state index in [0.717, 1.165) is 19.4 Å². The van der Waals surface area contributed by atoms with Crippen molar-refractivity contribution in [3.8, 4) is 0 Å². The Morgan fingerprint density at radius 3 is 2.58 bits per heavy atom. The summed E-state index contributed by atoms with van der Waals surface area (Å²) in [6, 6.07) is 8.27. The minimum Gasteiger partial charge on any atom is -0.355 e. The molecule has 1 aromatic rings. The Balaban J connectivity index is 2.50. The normalized spacial score (nSPS) is 13.9. The van der Waals surface area contributed by atoms with Gasteiger partial charge in [-0.25, -0.2) is 0 Å². The molecule has 19 heavy (non-hydrogen) atoms. The molecule has 2 atom stereocenters. The van der Waals surface area contributed by atoms with Crippen LogP contribution in [0.1, 0.15) is 50.8 Å². The maximum atomic E-state index is 11.9. The molecular formula is C16H26N2O. The number of rotatable bonds is 7. The van der Waals surface area contributed by atoms with Crippen LogP contribution in [0.15, 0.2) is 24.3 Å². The van der Waals surface area contributed by atoms with Crippen molar-refractivity contribution in [1.29, 1.82) is 0 Å². The van der Waals surface area contributed by atoms with Gasteiger partial charge in [0.25, 0.3) is 0 Å². The molecule has 0 radical (unpaired) electrons. The second kappa shape index (κ2) is 7.95. The number of carbonyl (C=O) groups excluding carboxylic acids is 1. The molecule has 0 aromatic heterocycles. The SMILES string of the molecule is CCCCNC(=O)C(C)N[C@@H](C)c1ccccc1C. The van der Waals surface area contributed by atoms with Gasteiger partial charge in [-0.2, -0.15) is 0 Å². The van der Waals surface area contributed by atoms with E-state index < -0.39 is 0 Å². The summed E-state index contributed by atoms with van der Waals surface area (Å²) < 4.78 is 0. The van der Waals surface area contributed by atoms with Gasteiger partial charge in [-0.1, -0.05) is 37.6 Å². The van der Waals surface area contributed by atoms with E-state index >= 15 is 0 Å². The summed E-state index contributed by atoms with van der Waals surface area (Å²) in [5.41, 5.74) is 2.50. The monoisotopic (exact) mass is 262 g/mol. The zero-order valence-electron chi connectivity index (χ0n) is 12.5. The van der Waals surface area contributed by atoms with Crippen molar-refractivity contribution in [1.82, 2.24) is 10.6 Å². The van der Waals surface area contributed by atoms with Crippen molar-refractivity contribution >= 4 is 5.91 Å². The number of hydrogen-bond donors (Lipinski definition) is 2. The molecule has 3 nitrogen and oxygen atoms in total. The lowest BCUT2D eigenvalue weighted by atomic mass is 10.0. The molecule has 0 aliphatic rings. The summed E-state index contributed by atoms with van der Waals surface area (Å²) in [5.74, 6) is 0.0777. The van der Waals surface area contributed by atoms with Crippen molar-refractivity contribution in [2.45, 2.75) is 52.6 Å². The Kier molecular flexibility index (Phi) is 6.57. The van der Waals surface area contributed by atoms with Crippen molar-refractivity contribution in [2.24, 2.45) is 0 Å². The van der Waals surface area contributed by atoms with Gasteiger partial charge in [0, 0.05) is 12.6 Å². The minimum atomic E-state index is -0.175. The predicted octanol–water partition coefficient (Wildman–Crippen LogP) is 2.95. The fourth-order valence-corrected chi connectivity index (χ4v) is 2.15. The quantitative estimate of drug-likeness (QED) is 0.742. The van der Waals surface area contributed by atoms with Crippen LogP contribution in [0.5, 0.6) is 0 Å². The van der Waals surface area contributed by atoms with Crippen LogP contribution in [0.3, 0.4) is 0 Å². The Bertz CT molecular complexity index is 403. The van der Waals surface area contributed by atoms with Gasteiger partial charge < -0.3 is 5.32 Å². The Hall–Kier alpha value is -1.35. The summed E-state index contributed by atoms with van der Waals surface area (Å²) in [7, 11) is 0. The van der Waals surface area contributed by atoms with E-state index in [0.29, 0.717) is 0 Å². The molecule has 1 aromatic carbocycles. The maximum Gasteiger partial charge on any atom is 0.236 e. The van der Waals surface area contributed by atoms with Gasteiger partial charge in [0.2, 0.25) is 5.91 Å². The molecule has 0 aliphatic carbocycles. The molecule has 106 valence electrons. The highest BCUT2D eigenvalue weighted by Gasteiger charge is 2.16. The van der Waals surface area contributed by atoms with Crippen molar-refractivity contribution in [3.05, 3.63) is 35.4 Å². The predicted molar refractivity (Wildman–Crippen MR) is 80.1 cm³/mol. The van der Waals surface area contributed by atoms with Gasteiger partial charge >= 0.3 is 0 Å². The van der Waals surface area contributed by atoms with Crippen LogP contribution in [0, 0.1) is 6.92 Å². The number of benzene rings is 1. The van der Waals surface area contributed by atoms with Gasteiger partial charge in [-0.15, -0.1) is 0 Å². The molecule has 0 fully saturated rings. The topological polar surface area (TPSA) is 41.1 Å². The van der Waals surface area contributed by atoms with Crippen LogP contribution < -0.4 is 10.6 Å². The number of hydrogen-bond acceptors (Lipinski definition) is 2. The molecule has 0 saturated carbocycles. The second-order valence-electron chi connectivity index (χ2n) is 5.11. The third kappa shape index (κ3) is 5.03. The molecule has 2 N–H and O–H groups in total. The summed E-state index contributed by atoms with van der Waals surface area (Å²) in [5, 5.41) is 6.30. The van der Waals surface area contributed by atoms with E-state index in [4.69, 9.17) is 0 Å². The third-order valence-corrected chi connectivity index (χ3v) is 3.38. The Morgan fingerprint density at radius 1 is 1.26 bits per heavy atom. The average molecular weight is 262 g/mol. The summed E-state index contributed by atoms with van der Waals surface area (Å²) >= 11 is 0. The summed E-state index contributed by atoms with van der Waals surface area (Å²) in [4.78, 5) is 11.9. The first-order chi connectivity index (χ1) is 9.06. The molecule has 3 heteroatoms. The lowest BCUT2D eigenvalue weighted by Crippen LogP contribution is -2.43. The van der Waals surface area contributed by atoms with Gasteiger partial charge in [0.05, 0.1) is 6.04 Å². The zero-order valence-corrected chi connectivity index (χ0v) is 12.5. The van der Waals surface area contributed by atoms with Gasteiger partial charge in [0.1, 0.15) is 0 Å². The van der Waals surface area contributed by atoms with Gasteiger partial charge in [0.15, 0.2) is 0 Å². The van der Waals surface area contributed by atoms with Gasteiger partial charge in [-0.05, 0) is 38.3 Å². The lowest BCUT2D eigenvalue weighted by Gasteiger charge is -2.21. The summed E-state index contributed by atoms with van der Waals surface area (Å²) in [6.45, 7) is 8.99. The minimum absolute atomic E-state index is 0.0777. The van der Waals surface area contributed by atoms with Crippen LogP contribution in [0.2, 0.25) is 0 Å². The first kappa shape index (κ1) is 15.7. The molecule has 0 aliphatic heterocycles. The number of unbranched alkanes of at least 4 members (excludes halogenated alkanes) is 1. The van der Waals surface area contributed by atoms with E-state index in [9.17, 15) is 4.79 Å². The van der Waals surface area contributed by atoms with Crippen molar-refractivity contribution in [3.63, 3.8) is 0 Å². The van der Waals surface area contributed by atoms with Crippen LogP contribution in [0.25, 0.3) is 0 Å². The van der Waals surface area contributed by atoms with Crippen LogP contribution in [-0.4, -0.2) is 18.5 Å². The van der Waals surface area contributed by atoms with Gasteiger partial charge in [-0.3, -0.25) is 10.1 Å². The number of aryl methyl sites for hydroxylation is 1. The molecule has 1 rings (SSSR count). The molecule has 0 bridgehead atoms. The van der Waals surface area contributed by atoms with Crippen LogP contribution in [0.4, 0.5) is 0 Å². The first-order valence-electron chi connectivity index (χ1n) is 7.15. The standard InChI is InChI=1S/C16H26N2O/c1-5-6-11-17-16(19)14(4)18-13(3)15-10-8-7-9-12(15)2/h7-10,13-14,18H,5-6,11H2,1-4H3,(H,17,19)/t13-,14?/m0/s1. The Morgan fingerprint density at radius 2 is 1.95 bits per heavy atom. The molecule has 1 unspecified atom stereocenters. The fourth-order valence-electron chi connectivity index (χ4n) is 2.15. The van der Waals surface area contributed by atoms with Crippen molar-refractivity contribution < 1.29 is 4.79 Å². The summed E-state index contributed by atoms with van der Waals surface area (Å²) in [6.07, 6.45) is 2.13. The molecule has 0 spiro atoms. The molecule has 0 heterocycles. The highest BCUT2D eigenvalue weighted by Crippen LogP contribution is 2.17. The average Bonchev–Trinajstić information content (AvgIpc) is 2.39. The Labute approximate surface area is 116 Å². The highest BCUT2D eigenvalue weighted by atomic mass is 16.2. The fraction of sp³-hybridized carbons (Fsp3) is 0.562. The molecule has 1 amide bonds. The second-order valence-corrected chi connectivity index (χ2v) is 5.11. The number of nitrogens with one attached hydrogen (secondary N) is 2.